The quantitative estimate of drug-likeness (QED) is 0.721. The minimum absolute atomic E-state index is 0.00380. The van der Waals surface area contributed by atoms with Gasteiger partial charge in [0, 0.05) is 18.7 Å². The summed E-state index contributed by atoms with van der Waals surface area (Å²) in [6.45, 7) is 6.01. The van der Waals surface area contributed by atoms with Gasteiger partial charge in [-0.3, -0.25) is 14.2 Å². The number of rotatable bonds is 6. The third-order valence-corrected chi connectivity index (χ3v) is 5.44. The molecule has 0 radical (unpaired) electrons. The highest BCUT2D eigenvalue weighted by Crippen LogP contribution is 2.47. The van der Waals surface area contributed by atoms with Gasteiger partial charge in [0.15, 0.2) is 5.69 Å². The fourth-order valence-corrected chi connectivity index (χ4v) is 3.74. The van der Waals surface area contributed by atoms with Crippen LogP contribution >= 0.6 is 15.9 Å². The molecule has 1 fully saturated rings. The highest BCUT2D eigenvalue weighted by atomic mass is 79.9. The minimum Gasteiger partial charge on any atom is -0.346 e. The van der Waals surface area contributed by atoms with Crippen molar-refractivity contribution in [2.45, 2.75) is 64.3 Å². The van der Waals surface area contributed by atoms with E-state index in [1.807, 2.05) is 13.1 Å². The number of hydrogen-bond acceptors (Lipinski definition) is 3. The summed E-state index contributed by atoms with van der Waals surface area (Å²) in [6.07, 6.45) is -1.18. The van der Waals surface area contributed by atoms with Crippen molar-refractivity contribution in [2.24, 2.45) is 0 Å². The molecular formula is C17H21BrF3N5O. The Labute approximate surface area is 163 Å². The summed E-state index contributed by atoms with van der Waals surface area (Å²) < 4.78 is 42.6. The topological polar surface area (TPSA) is 64.7 Å². The number of aryl methyl sites for hydroxylation is 1. The van der Waals surface area contributed by atoms with Gasteiger partial charge in [-0.2, -0.15) is 23.4 Å². The third-order valence-electron chi connectivity index (χ3n) is 4.65. The fraction of sp³-hybridized carbons (Fsp3) is 0.588. The number of nitrogens with zero attached hydrogens (tertiary/aromatic N) is 4. The number of hydrogen-bond donors (Lipinski definition) is 1. The molecule has 2 unspecified atom stereocenters. The van der Waals surface area contributed by atoms with Gasteiger partial charge in [0.05, 0.1) is 21.9 Å². The van der Waals surface area contributed by atoms with Gasteiger partial charge >= 0.3 is 6.18 Å². The summed E-state index contributed by atoms with van der Waals surface area (Å²) in [5, 5.41) is 10.9. The van der Waals surface area contributed by atoms with Crippen LogP contribution in [0.2, 0.25) is 0 Å². The molecule has 10 heteroatoms. The zero-order valence-corrected chi connectivity index (χ0v) is 16.8. The first-order valence-corrected chi connectivity index (χ1v) is 9.61. The average molecular weight is 448 g/mol. The molecule has 2 atom stereocenters. The molecule has 27 heavy (non-hydrogen) atoms. The summed E-state index contributed by atoms with van der Waals surface area (Å²) in [6, 6.07) is 0.572. The maximum Gasteiger partial charge on any atom is 0.436 e. The number of carbonyl (C=O) groups is 1. The van der Waals surface area contributed by atoms with E-state index in [4.69, 9.17) is 0 Å². The third kappa shape index (κ3) is 4.04. The summed E-state index contributed by atoms with van der Waals surface area (Å²) in [5.41, 5.74) is 0.143. The molecule has 1 N–H and O–H groups in total. The Bertz CT molecular complexity index is 840. The Morgan fingerprint density at radius 2 is 2.04 bits per heavy atom. The van der Waals surface area contributed by atoms with Crippen LogP contribution < -0.4 is 5.32 Å². The number of amides is 1. The zero-order chi connectivity index (χ0) is 19.9. The average Bonchev–Trinajstić information content (AvgIpc) is 3.19. The van der Waals surface area contributed by atoms with Crippen LogP contribution in [0.1, 0.15) is 68.7 Å². The molecule has 3 rings (SSSR count). The van der Waals surface area contributed by atoms with Crippen LogP contribution in [0.5, 0.6) is 0 Å². The number of halogens is 4. The van der Waals surface area contributed by atoms with Crippen molar-refractivity contribution >= 4 is 21.8 Å². The molecule has 1 saturated carbocycles. The standard InChI is InChI=1S/C17H21BrF3N5O/c1-4-25-8-7-12(23-25)9(2)22-16(27)10(3)26-14(11-5-6-11)13(18)15(24-26)17(19,20)21/h7-11H,4-6H2,1-3H3,(H,22,27). The van der Waals surface area contributed by atoms with Crippen molar-refractivity contribution in [3.05, 3.63) is 33.8 Å². The Morgan fingerprint density at radius 3 is 2.56 bits per heavy atom. The Balaban J connectivity index is 1.82. The predicted molar refractivity (Wildman–Crippen MR) is 96.1 cm³/mol. The van der Waals surface area contributed by atoms with Gasteiger partial charge in [0.1, 0.15) is 6.04 Å². The van der Waals surface area contributed by atoms with Crippen molar-refractivity contribution in [3.63, 3.8) is 0 Å². The van der Waals surface area contributed by atoms with Crippen LogP contribution in [0.4, 0.5) is 13.2 Å². The number of carbonyl (C=O) groups excluding carboxylic acids is 1. The van der Waals surface area contributed by atoms with Crippen LogP contribution in [0.3, 0.4) is 0 Å². The van der Waals surface area contributed by atoms with Crippen molar-refractivity contribution < 1.29 is 18.0 Å². The number of nitrogens with one attached hydrogen (secondary N) is 1. The van der Waals surface area contributed by atoms with Crippen LogP contribution in [0.15, 0.2) is 16.7 Å². The minimum atomic E-state index is -4.58. The van der Waals surface area contributed by atoms with Gasteiger partial charge in [0.25, 0.3) is 0 Å². The summed E-state index contributed by atoms with van der Waals surface area (Å²) >= 11 is 3.05. The first-order valence-electron chi connectivity index (χ1n) is 8.82. The van der Waals surface area contributed by atoms with Gasteiger partial charge in [-0.05, 0) is 55.6 Å². The molecule has 0 saturated heterocycles. The SMILES string of the molecule is CCn1ccc(C(C)NC(=O)C(C)n2nc(C(F)(F)F)c(Br)c2C2CC2)n1. The van der Waals surface area contributed by atoms with E-state index in [-0.39, 0.29) is 16.4 Å². The molecule has 1 aliphatic rings. The fourth-order valence-electron chi connectivity index (χ4n) is 2.93. The second-order valence-corrected chi connectivity index (χ2v) is 7.56. The normalized spacial score (nSPS) is 17.0. The second kappa shape index (κ2) is 7.29. The predicted octanol–water partition coefficient (Wildman–Crippen LogP) is 4.20. The largest absolute Gasteiger partial charge is 0.436 e. The molecule has 0 spiro atoms. The van der Waals surface area contributed by atoms with Crippen molar-refractivity contribution in [2.75, 3.05) is 0 Å². The van der Waals surface area contributed by atoms with Gasteiger partial charge in [-0.25, -0.2) is 0 Å². The first kappa shape index (κ1) is 19.9. The van der Waals surface area contributed by atoms with E-state index < -0.39 is 23.8 Å². The molecule has 148 valence electrons. The lowest BCUT2D eigenvalue weighted by molar-refractivity contribution is -0.142. The molecule has 6 nitrogen and oxygen atoms in total. The van der Waals surface area contributed by atoms with Gasteiger partial charge < -0.3 is 5.32 Å². The molecular weight excluding hydrogens is 427 g/mol. The van der Waals surface area contributed by atoms with Crippen LogP contribution in [-0.4, -0.2) is 25.5 Å². The lowest BCUT2D eigenvalue weighted by atomic mass is 10.2. The Hall–Kier alpha value is -1.84. The molecule has 0 aromatic carbocycles. The molecule has 1 amide bonds. The Kier molecular flexibility index (Phi) is 5.38. The van der Waals surface area contributed by atoms with E-state index >= 15 is 0 Å². The summed E-state index contributed by atoms with van der Waals surface area (Å²) in [7, 11) is 0. The number of aromatic nitrogens is 4. The molecule has 0 aliphatic heterocycles. The van der Waals surface area contributed by atoms with Crippen LogP contribution in [0, 0.1) is 0 Å². The molecule has 2 aromatic rings. The summed E-state index contributed by atoms with van der Waals surface area (Å²) in [5.74, 6) is -0.407. The lowest BCUT2D eigenvalue weighted by Crippen LogP contribution is -2.34. The van der Waals surface area contributed by atoms with Crippen LogP contribution in [-0.2, 0) is 17.5 Å². The van der Waals surface area contributed by atoms with Crippen molar-refractivity contribution in [1.29, 1.82) is 0 Å². The van der Waals surface area contributed by atoms with Crippen molar-refractivity contribution in [3.8, 4) is 0 Å². The molecule has 0 bridgehead atoms. The highest BCUT2D eigenvalue weighted by molar-refractivity contribution is 9.10. The maximum atomic E-state index is 13.2. The smallest absolute Gasteiger partial charge is 0.346 e. The van der Waals surface area contributed by atoms with E-state index in [1.54, 1.807) is 24.6 Å². The number of alkyl halides is 3. The van der Waals surface area contributed by atoms with E-state index in [1.165, 1.54) is 4.68 Å². The first-order chi connectivity index (χ1) is 12.6. The van der Waals surface area contributed by atoms with E-state index in [0.29, 0.717) is 17.9 Å². The summed E-state index contributed by atoms with van der Waals surface area (Å²) in [4.78, 5) is 12.7. The Morgan fingerprint density at radius 1 is 1.37 bits per heavy atom. The van der Waals surface area contributed by atoms with E-state index in [0.717, 1.165) is 12.8 Å². The molecule has 1 aliphatic carbocycles. The maximum absolute atomic E-state index is 13.2. The van der Waals surface area contributed by atoms with E-state index in [9.17, 15) is 18.0 Å². The highest BCUT2D eigenvalue weighted by Gasteiger charge is 2.43. The second-order valence-electron chi connectivity index (χ2n) is 6.77. The van der Waals surface area contributed by atoms with Crippen molar-refractivity contribution in [1.82, 2.24) is 24.9 Å². The van der Waals surface area contributed by atoms with Gasteiger partial charge in [-0.1, -0.05) is 0 Å². The van der Waals surface area contributed by atoms with Crippen LogP contribution in [0.25, 0.3) is 0 Å². The molecule has 2 aromatic heterocycles. The monoisotopic (exact) mass is 447 g/mol. The van der Waals surface area contributed by atoms with Gasteiger partial charge in [0.2, 0.25) is 5.91 Å². The van der Waals surface area contributed by atoms with Gasteiger partial charge in [-0.15, -0.1) is 0 Å². The zero-order valence-electron chi connectivity index (χ0n) is 15.2. The van der Waals surface area contributed by atoms with E-state index in [2.05, 4.69) is 31.4 Å². The molecule has 2 heterocycles. The lowest BCUT2D eigenvalue weighted by Gasteiger charge is -2.18.